The van der Waals surface area contributed by atoms with Crippen LogP contribution in [0.25, 0.3) is 11.3 Å². The molecule has 2 heterocycles. The second-order valence-electron chi connectivity index (χ2n) is 11.5. The summed E-state index contributed by atoms with van der Waals surface area (Å²) in [4.78, 5) is 52.5. The Morgan fingerprint density at radius 1 is 1.08 bits per heavy atom. The molecule has 0 bridgehead atoms. The van der Waals surface area contributed by atoms with Crippen LogP contribution in [-0.2, 0) is 33.4 Å². The molecule has 0 N–H and O–H groups in total. The van der Waals surface area contributed by atoms with Gasteiger partial charge in [0, 0.05) is 30.4 Å². The number of hydrogen-bond donors (Lipinski definition) is 0. The van der Waals surface area contributed by atoms with Gasteiger partial charge in [0.15, 0.2) is 11.9 Å². The normalized spacial score (nSPS) is 34.5. The molecule has 202 valence electrons. The number of esters is 3. The smallest absolute Gasteiger partial charge is 0.310 e. The first-order chi connectivity index (χ1) is 18.0. The van der Waals surface area contributed by atoms with Crippen LogP contribution in [0.2, 0.25) is 0 Å². The van der Waals surface area contributed by atoms with Gasteiger partial charge in [0.1, 0.15) is 11.9 Å². The highest BCUT2D eigenvalue weighted by Gasteiger charge is 2.68. The molecule has 0 unspecified atom stereocenters. The average Bonchev–Trinajstić information content (AvgIpc) is 3.34. The summed E-state index contributed by atoms with van der Waals surface area (Å²) >= 11 is 0. The van der Waals surface area contributed by atoms with Gasteiger partial charge in [-0.2, -0.15) is 0 Å². The maximum absolute atomic E-state index is 14.0. The minimum absolute atomic E-state index is 0.0753. The predicted octanol–water partition coefficient (Wildman–Crippen LogP) is 4.98. The van der Waals surface area contributed by atoms with Crippen molar-refractivity contribution in [2.24, 2.45) is 28.6 Å². The van der Waals surface area contributed by atoms with Crippen LogP contribution in [-0.4, -0.2) is 36.9 Å². The van der Waals surface area contributed by atoms with Gasteiger partial charge in [-0.3, -0.25) is 19.2 Å². The summed E-state index contributed by atoms with van der Waals surface area (Å²) in [5, 5.41) is 0. The fraction of sp³-hybridized carbons (Fsp3) is 0.533. The van der Waals surface area contributed by atoms with E-state index in [2.05, 4.69) is 0 Å². The summed E-state index contributed by atoms with van der Waals surface area (Å²) in [5.74, 6) is -2.88. The Balaban J connectivity index is 1.58. The van der Waals surface area contributed by atoms with Crippen LogP contribution in [0.4, 0.5) is 0 Å². The van der Waals surface area contributed by atoms with Crippen LogP contribution < -0.4 is 0 Å². The monoisotopic (exact) mass is 522 g/mol. The Morgan fingerprint density at radius 3 is 2.50 bits per heavy atom. The number of furan rings is 1. The van der Waals surface area contributed by atoms with E-state index in [1.54, 1.807) is 6.26 Å². The minimum atomic E-state index is -1.07. The lowest BCUT2D eigenvalue weighted by Gasteiger charge is -2.61. The first-order valence-corrected chi connectivity index (χ1v) is 13.1. The molecule has 1 saturated heterocycles. The molecule has 7 atom stereocenters. The molecule has 3 aliphatic rings. The number of cyclic esters (lactones) is 1. The van der Waals surface area contributed by atoms with Crippen molar-refractivity contribution in [2.45, 2.75) is 65.6 Å². The number of Topliss-reactive ketones (excluding diaryl/α,β-unsaturated/α-hetero) is 1. The van der Waals surface area contributed by atoms with Crippen LogP contribution in [0.15, 0.2) is 41.0 Å². The van der Waals surface area contributed by atoms with E-state index in [1.165, 1.54) is 14.0 Å². The van der Waals surface area contributed by atoms with E-state index in [4.69, 9.17) is 18.6 Å². The Kier molecular flexibility index (Phi) is 6.48. The number of ketones is 1. The van der Waals surface area contributed by atoms with E-state index < -0.39 is 52.7 Å². The number of carbonyl (C=O) groups is 4. The van der Waals surface area contributed by atoms with Gasteiger partial charge in [0.25, 0.3) is 0 Å². The van der Waals surface area contributed by atoms with Gasteiger partial charge >= 0.3 is 17.9 Å². The molecule has 2 aromatic rings. The second kappa shape index (κ2) is 9.40. The van der Waals surface area contributed by atoms with Crippen LogP contribution in [0.1, 0.15) is 63.7 Å². The quantitative estimate of drug-likeness (QED) is 0.409. The zero-order valence-corrected chi connectivity index (χ0v) is 22.4. The Labute approximate surface area is 222 Å². The predicted molar refractivity (Wildman–Crippen MR) is 135 cm³/mol. The van der Waals surface area contributed by atoms with E-state index in [-0.39, 0.29) is 18.2 Å². The average molecular weight is 523 g/mol. The third-order valence-corrected chi connectivity index (χ3v) is 9.33. The number of hydrogen-bond acceptors (Lipinski definition) is 8. The Morgan fingerprint density at radius 2 is 1.82 bits per heavy atom. The molecule has 0 spiro atoms. The summed E-state index contributed by atoms with van der Waals surface area (Å²) in [5.41, 5.74) is 1.06. The zero-order valence-electron chi connectivity index (χ0n) is 22.4. The number of aryl methyl sites for hydroxylation is 1. The van der Waals surface area contributed by atoms with Gasteiger partial charge in [-0.05, 0) is 48.6 Å². The van der Waals surface area contributed by atoms with Crippen molar-refractivity contribution in [1.29, 1.82) is 0 Å². The molecular formula is C30H34O8. The maximum Gasteiger partial charge on any atom is 0.310 e. The highest BCUT2D eigenvalue weighted by atomic mass is 16.6. The van der Waals surface area contributed by atoms with Gasteiger partial charge in [-0.15, -0.1) is 0 Å². The Hall–Kier alpha value is -3.42. The summed E-state index contributed by atoms with van der Waals surface area (Å²) in [6.07, 6.45) is 1.29. The third kappa shape index (κ3) is 3.96. The molecule has 0 amide bonds. The van der Waals surface area contributed by atoms with E-state index in [0.29, 0.717) is 25.0 Å². The zero-order chi connectivity index (χ0) is 27.4. The van der Waals surface area contributed by atoms with Crippen molar-refractivity contribution in [3.8, 4) is 11.3 Å². The van der Waals surface area contributed by atoms with Gasteiger partial charge in [-0.1, -0.05) is 38.1 Å². The molecule has 0 radical (unpaired) electrons. The SMILES string of the molecule is COC(=O)[C@@H]1C[C@H](OC(C)=O)C(=O)[C@H]2[C@@]1(C)CC[C@H]1C(=O)O[C@H](c3ccoc3-c3ccccc3C)C[C@]21C. The second-order valence-corrected chi connectivity index (χ2v) is 11.5. The topological polar surface area (TPSA) is 109 Å². The van der Waals surface area contributed by atoms with Gasteiger partial charge in [0.2, 0.25) is 0 Å². The van der Waals surface area contributed by atoms with Gasteiger partial charge in [0.05, 0.1) is 25.2 Å². The Bertz CT molecular complexity index is 1290. The summed E-state index contributed by atoms with van der Waals surface area (Å²) in [6, 6.07) is 9.63. The lowest BCUT2D eigenvalue weighted by Crippen LogP contribution is -2.64. The number of methoxy groups -OCH3 is 1. The number of benzene rings is 1. The molecule has 3 fully saturated rings. The molecule has 2 aliphatic carbocycles. The molecule has 2 saturated carbocycles. The maximum atomic E-state index is 14.0. The first-order valence-electron chi connectivity index (χ1n) is 13.1. The van der Waals surface area contributed by atoms with Gasteiger partial charge in [-0.25, -0.2) is 0 Å². The number of ether oxygens (including phenoxy) is 3. The van der Waals surface area contributed by atoms with E-state index in [0.717, 1.165) is 16.7 Å². The van der Waals surface area contributed by atoms with Crippen molar-refractivity contribution >= 4 is 23.7 Å². The number of carbonyl (C=O) groups excluding carboxylic acids is 4. The molecule has 5 rings (SSSR count). The standard InChI is InChI=1S/C30H34O8/c1-16-8-6-7-9-18(16)25-19(11-13-36-25)23-15-30(4)20(28(34)38-23)10-12-29(3)21(27(33)35-5)14-22(37-17(2)31)24(32)26(29)30/h6-9,11,13,20-23,26H,10,12,14-15H2,1-5H3/t20-,21-,22-,23-,26-,29-,30-/m0/s1. The summed E-state index contributed by atoms with van der Waals surface area (Å²) in [7, 11) is 1.32. The molecule has 8 nitrogen and oxygen atoms in total. The number of fused-ring (bicyclic) bond motifs is 3. The van der Waals surface area contributed by atoms with E-state index in [1.807, 2.05) is 51.1 Å². The molecular weight excluding hydrogens is 488 g/mol. The van der Waals surface area contributed by atoms with Crippen LogP contribution in [0.3, 0.4) is 0 Å². The summed E-state index contributed by atoms with van der Waals surface area (Å²) < 4.78 is 22.5. The molecule has 1 aliphatic heterocycles. The summed E-state index contributed by atoms with van der Waals surface area (Å²) in [6.45, 7) is 7.12. The van der Waals surface area contributed by atoms with Crippen LogP contribution in [0.5, 0.6) is 0 Å². The van der Waals surface area contributed by atoms with E-state index in [9.17, 15) is 19.2 Å². The first kappa shape index (κ1) is 26.2. The molecule has 1 aromatic heterocycles. The van der Waals surface area contributed by atoms with Crippen molar-refractivity contribution in [3.05, 3.63) is 47.7 Å². The highest BCUT2D eigenvalue weighted by Crippen LogP contribution is 2.65. The minimum Gasteiger partial charge on any atom is -0.469 e. The van der Waals surface area contributed by atoms with Crippen molar-refractivity contribution in [2.75, 3.05) is 7.11 Å². The highest BCUT2D eigenvalue weighted by molar-refractivity contribution is 5.93. The largest absolute Gasteiger partial charge is 0.469 e. The molecule has 1 aromatic carbocycles. The van der Waals surface area contributed by atoms with Crippen molar-refractivity contribution in [1.82, 2.24) is 0 Å². The third-order valence-electron chi connectivity index (χ3n) is 9.33. The van der Waals surface area contributed by atoms with Crippen molar-refractivity contribution < 1.29 is 37.8 Å². The molecule has 8 heteroatoms. The van der Waals surface area contributed by atoms with Crippen molar-refractivity contribution in [3.63, 3.8) is 0 Å². The van der Waals surface area contributed by atoms with Crippen LogP contribution >= 0.6 is 0 Å². The molecule has 38 heavy (non-hydrogen) atoms. The number of rotatable bonds is 4. The lowest BCUT2D eigenvalue weighted by atomic mass is 9.43. The van der Waals surface area contributed by atoms with Gasteiger partial charge < -0.3 is 18.6 Å². The lowest BCUT2D eigenvalue weighted by molar-refractivity contribution is -0.210. The van der Waals surface area contributed by atoms with E-state index >= 15 is 0 Å². The van der Waals surface area contributed by atoms with Crippen LogP contribution in [0, 0.1) is 35.5 Å². The fourth-order valence-electron chi connectivity index (χ4n) is 7.61. The fourth-order valence-corrected chi connectivity index (χ4v) is 7.61.